The number of amides is 3. The number of hydrogen-bond acceptors (Lipinski definition) is 5. The average Bonchev–Trinajstić information content (AvgIpc) is 2.91. The van der Waals surface area contributed by atoms with Gasteiger partial charge in [-0.25, -0.2) is 4.79 Å². The second kappa shape index (κ2) is 7.84. The standard InChI is InChI=1S/C17H29N3O5/c1-16(2,3)25-15(24)19-12(17(4,5)8-10-21)14(23)20-9-6-7-11(20)13(18)22/h10-12H,6-9H2,1-5H3,(H2,18,22)(H,19,24)/t11-,12?/m0/s1. The van der Waals surface area contributed by atoms with E-state index in [0.29, 0.717) is 25.7 Å². The highest BCUT2D eigenvalue weighted by atomic mass is 16.6. The van der Waals surface area contributed by atoms with Crippen LogP contribution in [0.1, 0.15) is 53.9 Å². The molecule has 1 aliphatic heterocycles. The molecular weight excluding hydrogens is 326 g/mol. The van der Waals surface area contributed by atoms with Crippen molar-refractivity contribution in [1.82, 2.24) is 10.2 Å². The molecule has 1 fully saturated rings. The molecule has 0 radical (unpaired) electrons. The molecule has 0 saturated carbocycles. The summed E-state index contributed by atoms with van der Waals surface area (Å²) >= 11 is 0. The van der Waals surface area contributed by atoms with Gasteiger partial charge >= 0.3 is 6.09 Å². The van der Waals surface area contributed by atoms with Crippen molar-refractivity contribution in [3.05, 3.63) is 0 Å². The van der Waals surface area contributed by atoms with Crippen molar-refractivity contribution in [2.75, 3.05) is 6.54 Å². The van der Waals surface area contributed by atoms with Crippen molar-refractivity contribution in [2.45, 2.75) is 71.6 Å². The molecule has 3 N–H and O–H groups in total. The fraction of sp³-hybridized carbons (Fsp3) is 0.765. The highest BCUT2D eigenvalue weighted by molar-refractivity contribution is 5.92. The second-order valence-electron chi connectivity index (χ2n) is 8.03. The van der Waals surface area contributed by atoms with Crippen molar-refractivity contribution in [1.29, 1.82) is 0 Å². The summed E-state index contributed by atoms with van der Waals surface area (Å²) in [7, 11) is 0. The highest BCUT2D eigenvalue weighted by Gasteiger charge is 2.43. The predicted molar refractivity (Wildman–Crippen MR) is 91.5 cm³/mol. The Morgan fingerprint density at radius 2 is 1.88 bits per heavy atom. The predicted octanol–water partition coefficient (Wildman–Crippen LogP) is 0.971. The first-order chi connectivity index (χ1) is 11.4. The summed E-state index contributed by atoms with van der Waals surface area (Å²) in [5.74, 6) is -1.01. The number of carbonyl (C=O) groups is 4. The number of nitrogens with zero attached hydrogens (tertiary/aromatic N) is 1. The van der Waals surface area contributed by atoms with Gasteiger partial charge in [0, 0.05) is 18.4 Å². The van der Waals surface area contributed by atoms with Crippen LogP contribution in [0.25, 0.3) is 0 Å². The first-order valence-electron chi connectivity index (χ1n) is 8.42. The molecule has 1 saturated heterocycles. The lowest BCUT2D eigenvalue weighted by atomic mass is 9.80. The fourth-order valence-corrected chi connectivity index (χ4v) is 2.84. The number of alkyl carbamates (subject to hydrolysis) is 1. The highest BCUT2D eigenvalue weighted by Crippen LogP contribution is 2.29. The van der Waals surface area contributed by atoms with E-state index in [0.717, 1.165) is 0 Å². The van der Waals surface area contributed by atoms with Gasteiger partial charge in [-0.1, -0.05) is 13.8 Å². The maximum atomic E-state index is 13.0. The maximum Gasteiger partial charge on any atom is 0.408 e. The third kappa shape index (κ3) is 5.72. The van der Waals surface area contributed by atoms with E-state index in [1.807, 2.05) is 0 Å². The summed E-state index contributed by atoms with van der Waals surface area (Å²) in [6.45, 7) is 8.93. The molecule has 25 heavy (non-hydrogen) atoms. The lowest BCUT2D eigenvalue weighted by Gasteiger charge is -2.36. The third-order valence-electron chi connectivity index (χ3n) is 4.16. The van der Waals surface area contributed by atoms with Crippen molar-refractivity contribution in [2.24, 2.45) is 11.1 Å². The fourth-order valence-electron chi connectivity index (χ4n) is 2.84. The van der Waals surface area contributed by atoms with E-state index >= 15 is 0 Å². The molecule has 0 aromatic carbocycles. The zero-order valence-corrected chi connectivity index (χ0v) is 15.6. The number of ether oxygens (including phenoxy) is 1. The number of hydrogen-bond donors (Lipinski definition) is 2. The minimum Gasteiger partial charge on any atom is -0.444 e. The van der Waals surface area contributed by atoms with Crippen LogP contribution in [0.4, 0.5) is 4.79 Å². The van der Waals surface area contributed by atoms with Gasteiger partial charge in [0.1, 0.15) is 24.0 Å². The van der Waals surface area contributed by atoms with Gasteiger partial charge < -0.3 is 25.5 Å². The van der Waals surface area contributed by atoms with Crippen LogP contribution >= 0.6 is 0 Å². The van der Waals surface area contributed by atoms with E-state index in [-0.39, 0.29) is 6.42 Å². The Morgan fingerprint density at radius 1 is 1.28 bits per heavy atom. The van der Waals surface area contributed by atoms with E-state index < -0.39 is 41.0 Å². The SMILES string of the molecule is CC(C)(C)OC(=O)NC(C(=O)N1CCC[C@H]1C(N)=O)C(C)(C)CC=O. The zero-order valence-electron chi connectivity index (χ0n) is 15.6. The van der Waals surface area contributed by atoms with Gasteiger partial charge in [-0.3, -0.25) is 9.59 Å². The van der Waals surface area contributed by atoms with Crippen LogP contribution in [0.15, 0.2) is 0 Å². The molecule has 8 nitrogen and oxygen atoms in total. The summed E-state index contributed by atoms with van der Waals surface area (Å²) in [5.41, 5.74) is 3.80. The number of likely N-dealkylation sites (tertiary alicyclic amines) is 1. The van der Waals surface area contributed by atoms with Gasteiger partial charge in [-0.2, -0.15) is 0 Å². The van der Waals surface area contributed by atoms with Crippen LogP contribution in [-0.2, 0) is 19.1 Å². The number of primary amides is 1. The Kier molecular flexibility index (Phi) is 6.56. The third-order valence-corrected chi connectivity index (χ3v) is 4.16. The molecule has 1 heterocycles. The van der Waals surface area contributed by atoms with Gasteiger partial charge in [-0.15, -0.1) is 0 Å². The summed E-state index contributed by atoms with van der Waals surface area (Å²) in [4.78, 5) is 49.2. The van der Waals surface area contributed by atoms with E-state index in [1.165, 1.54) is 4.90 Å². The first-order valence-corrected chi connectivity index (χ1v) is 8.42. The van der Waals surface area contributed by atoms with Crippen molar-refractivity contribution < 1.29 is 23.9 Å². The number of aldehydes is 1. The summed E-state index contributed by atoms with van der Waals surface area (Å²) in [5, 5.41) is 2.57. The summed E-state index contributed by atoms with van der Waals surface area (Å²) in [6, 6.07) is -1.70. The number of carbonyl (C=O) groups excluding carboxylic acids is 4. The molecule has 0 bridgehead atoms. The normalized spacial score (nSPS) is 19.2. The number of nitrogens with one attached hydrogen (secondary N) is 1. The van der Waals surface area contributed by atoms with Gasteiger partial charge in [0.2, 0.25) is 11.8 Å². The molecule has 142 valence electrons. The Bertz CT molecular complexity index is 539. The lowest BCUT2D eigenvalue weighted by molar-refractivity contribution is -0.141. The second-order valence-corrected chi connectivity index (χ2v) is 8.03. The van der Waals surface area contributed by atoms with Gasteiger partial charge in [-0.05, 0) is 33.6 Å². The molecule has 2 atom stereocenters. The molecule has 1 unspecified atom stereocenters. The molecule has 0 aromatic heterocycles. The van der Waals surface area contributed by atoms with Crippen molar-refractivity contribution in [3.8, 4) is 0 Å². The Balaban J connectivity index is 3.05. The molecule has 0 spiro atoms. The Labute approximate surface area is 148 Å². The molecule has 8 heteroatoms. The smallest absolute Gasteiger partial charge is 0.408 e. The Morgan fingerprint density at radius 3 is 2.36 bits per heavy atom. The topological polar surface area (TPSA) is 119 Å². The quantitative estimate of drug-likeness (QED) is 0.688. The number of nitrogens with two attached hydrogens (primary N) is 1. The monoisotopic (exact) mass is 355 g/mol. The molecule has 0 aliphatic carbocycles. The summed E-state index contributed by atoms with van der Waals surface area (Å²) in [6.07, 6.45) is 1.17. The summed E-state index contributed by atoms with van der Waals surface area (Å²) < 4.78 is 5.23. The molecular formula is C17H29N3O5. The molecule has 0 aromatic rings. The Hall–Kier alpha value is -2.12. The molecule has 3 amide bonds. The van der Waals surface area contributed by atoms with Crippen LogP contribution in [0.5, 0.6) is 0 Å². The maximum absolute atomic E-state index is 13.0. The van der Waals surface area contributed by atoms with Crippen molar-refractivity contribution >= 4 is 24.2 Å². The van der Waals surface area contributed by atoms with Crippen LogP contribution in [-0.4, -0.2) is 53.3 Å². The van der Waals surface area contributed by atoms with Crippen LogP contribution in [0.3, 0.4) is 0 Å². The van der Waals surface area contributed by atoms with Gasteiger partial charge in [0.15, 0.2) is 0 Å². The van der Waals surface area contributed by atoms with Gasteiger partial charge in [0.05, 0.1) is 0 Å². The first kappa shape index (κ1) is 20.9. The van der Waals surface area contributed by atoms with Crippen LogP contribution in [0, 0.1) is 5.41 Å². The minimum atomic E-state index is -1.01. The van der Waals surface area contributed by atoms with E-state index in [1.54, 1.807) is 34.6 Å². The number of rotatable bonds is 6. The molecule has 1 aliphatic rings. The minimum absolute atomic E-state index is 0.0638. The van der Waals surface area contributed by atoms with E-state index in [2.05, 4.69) is 5.32 Å². The van der Waals surface area contributed by atoms with E-state index in [9.17, 15) is 19.2 Å². The zero-order chi connectivity index (χ0) is 19.4. The van der Waals surface area contributed by atoms with Crippen molar-refractivity contribution in [3.63, 3.8) is 0 Å². The molecule has 1 rings (SSSR count). The van der Waals surface area contributed by atoms with Crippen LogP contribution < -0.4 is 11.1 Å². The van der Waals surface area contributed by atoms with Gasteiger partial charge in [0.25, 0.3) is 0 Å². The lowest BCUT2D eigenvalue weighted by Crippen LogP contribution is -2.58. The van der Waals surface area contributed by atoms with E-state index in [4.69, 9.17) is 10.5 Å². The van der Waals surface area contributed by atoms with Crippen LogP contribution in [0.2, 0.25) is 0 Å². The average molecular weight is 355 g/mol. The largest absolute Gasteiger partial charge is 0.444 e.